The number of carbonyl (C=O) groups is 1. The zero-order valence-electron chi connectivity index (χ0n) is 8.09. The zero-order valence-corrected chi connectivity index (χ0v) is 9.72. The fourth-order valence-corrected chi connectivity index (χ4v) is 2.47. The maximum Gasteiger partial charge on any atom is 0.254 e. The van der Waals surface area contributed by atoms with Gasteiger partial charge in [-0.2, -0.15) is 4.83 Å². The lowest BCUT2D eigenvalue weighted by Gasteiger charge is -2.07. The first-order valence-electron chi connectivity index (χ1n) is 3.86. The van der Waals surface area contributed by atoms with Gasteiger partial charge in [0.15, 0.2) is 11.0 Å². The number of carbonyl (C=O) groups excluding carboxylic acids is 1. The van der Waals surface area contributed by atoms with Gasteiger partial charge in [0.1, 0.15) is 4.21 Å². The van der Waals surface area contributed by atoms with Crippen LogP contribution >= 0.6 is 11.3 Å². The molecule has 6 nitrogen and oxygen atoms in total. The minimum absolute atomic E-state index is 0.173. The van der Waals surface area contributed by atoms with Crippen molar-refractivity contribution in [2.45, 2.75) is 4.21 Å². The first-order valence-corrected chi connectivity index (χ1v) is 5.89. The molecule has 0 saturated heterocycles. The van der Waals surface area contributed by atoms with Gasteiger partial charge < -0.3 is 4.90 Å². The molecule has 0 bridgehead atoms. The minimum atomic E-state index is -1.67. The van der Waals surface area contributed by atoms with E-state index >= 15 is 0 Å². The van der Waals surface area contributed by atoms with Crippen molar-refractivity contribution in [3.63, 3.8) is 0 Å². The molecule has 8 heteroatoms. The van der Waals surface area contributed by atoms with Gasteiger partial charge in [-0.1, -0.05) is 0 Å². The van der Waals surface area contributed by atoms with Crippen molar-refractivity contribution in [2.75, 3.05) is 14.1 Å². The van der Waals surface area contributed by atoms with Crippen LogP contribution in [0.25, 0.3) is 0 Å². The second-order valence-electron chi connectivity index (χ2n) is 2.81. The van der Waals surface area contributed by atoms with E-state index < -0.39 is 11.0 Å². The number of hydrogen-bond donors (Lipinski definition) is 1. The van der Waals surface area contributed by atoms with Crippen molar-refractivity contribution in [1.29, 1.82) is 0 Å². The molecule has 0 aliphatic heterocycles. The molecule has 0 radical (unpaired) electrons. The molecule has 1 atom stereocenters. The summed E-state index contributed by atoms with van der Waals surface area (Å²) >= 11 is 1.13. The van der Waals surface area contributed by atoms with E-state index in [0.29, 0.717) is 9.77 Å². The van der Waals surface area contributed by atoms with Crippen LogP contribution in [0.4, 0.5) is 0 Å². The fourth-order valence-electron chi connectivity index (χ4n) is 0.863. The van der Waals surface area contributed by atoms with Crippen LogP contribution in [0.3, 0.4) is 0 Å². The summed E-state index contributed by atoms with van der Waals surface area (Å²) in [7, 11) is 1.58. The number of rotatable bonds is 4. The lowest BCUT2D eigenvalue weighted by molar-refractivity contribution is 0.0828. The highest BCUT2D eigenvalue weighted by Crippen LogP contribution is 2.18. The lowest BCUT2D eigenvalue weighted by Crippen LogP contribution is -2.21. The molecule has 0 spiro atoms. The van der Waals surface area contributed by atoms with E-state index in [1.165, 1.54) is 11.0 Å². The second kappa shape index (κ2) is 4.99. The zero-order chi connectivity index (χ0) is 11.4. The third-order valence-corrected chi connectivity index (χ3v) is 3.72. The maximum atomic E-state index is 11.5. The Morgan fingerprint density at radius 1 is 1.60 bits per heavy atom. The van der Waals surface area contributed by atoms with E-state index in [0.717, 1.165) is 11.3 Å². The highest BCUT2D eigenvalue weighted by molar-refractivity contribution is 7.85. The number of nitroso groups, excluding NO2 is 1. The fraction of sp³-hybridized carbons (Fsp3) is 0.286. The number of thiophene rings is 1. The van der Waals surface area contributed by atoms with Gasteiger partial charge in [0.25, 0.3) is 5.91 Å². The van der Waals surface area contributed by atoms with Crippen LogP contribution in [0.5, 0.6) is 0 Å². The van der Waals surface area contributed by atoms with E-state index in [9.17, 15) is 13.9 Å². The van der Waals surface area contributed by atoms with Crippen molar-refractivity contribution in [1.82, 2.24) is 9.73 Å². The molecule has 1 rings (SSSR count). The monoisotopic (exact) mass is 247 g/mol. The molecular formula is C7H9N3O3S2. The first kappa shape index (κ1) is 11.8. The molecule has 1 unspecified atom stereocenters. The van der Waals surface area contributed by atoms with E-state index in [2.05, 4.69) is 5.29 Å². The average molecular weight is 247 g/mol. The van der Waals surface area contributed by atoms with Crippen molar-refractivity contribution in [2.24, 2.45) is 5.29 Å². The summed E-state index contributed by atoms with van der Waals surface area (Å²) in [6.07, 6.45) is 0. The Morgan fingerprint density at radius 3 is 2.80 bits per heavy atom. The van der Waals surface area contributed by atoms with E-state index in [4.69, 9.17) is 0 Å². The highest BCUT2D eigenvalue weighted by Gasteiger charge is 2.13. The predicted molar refractivity (Wildman–Crippen MR) is 57.7 cm³/mol. The molecule has 15 heavy (non-hydrogen) atoms. The SMILES string of the molecule is CN(C)C(=O)c1csc(S(=O)NN=O)c1. The summed E-state index contributed by atoms with van der Waals surface area (Å²) in [5.41, 5.74) is 0.445. The van der Waals surface area contributed by atoms with E-state index in [1.54, 1.807) is 19.5 Å². The Kier molecular flexibility index (Phi) is 3.92. The van der Waals surface area contributed by atoms with Gasteiger partial charge in [0.05, 0.1) is 10.8 Å². The highest BCUT2D eigenvalue weighted by atomic mass is 32.2. The largest absolute Gasteiger partial charge is 0.345 e. The third-order valence-electron chi connectivity index (χ3n) is 1.53. The number of nitrogens with one attached hydrogen (secondary N) is 1. The lowest BCUT2D eigenvalue weighted by atomic mass is 10.3. The third kappa shape index (κ3) is 2.83. The molecule has 0 aromatic carbocycles. The van der Waals surface area contributed by atoms with Crippen LogP contribution in [0.2, 0.25) is 0 Å². The first-order chi connectivity index (χ1) is 7.06. The minimum Gasteiger partial charge on any atom is -0.345 e. The smallest absolute Gasteiger partial charge is 0.254 e. The average Bonchev–Trinajstić information content (AvgIpc) is 2.65. The van der Waals surface area contributed by atoms with Crippen LogP contribution in [0.15, 0.2) is 20.9 Å². The van der Waals surface area contributed by atoms with Crippen LogP contribution in [-0.4, -0.2) is 29.1 Å². The molecule has 82 valence electrons. The molecule has 1 aromatic heterocycles. The summed E-state index contributed by atoms with van der Waals surface area (Å²) in [5, 5.41) is 3.90. The Balaban J connectivity index is 2.85. The maximum absolute atomic E-state index is 11.5. The Labute approximate surface area is 92.8 Å². The second-order valence-corrected chi connectivity index (χ2v) is 5.13. The van der Waals surface area contributed by atoms with Gasteiger partial charge in [-0.25, -0.2) is 4.21 Å². The van der Waals surface area contributed by atoms with Gasteiger partial charge in [0, 0.05) is 19.5 Å². The van der Waals surface area contributed by atoms with Crippen molar-refractivity contribution < 1.29 is 9.00 Å². The number of amides is 1. The molecule has 0 saturated carbocycles. The summed E-state index contributed by atoms with van der Waals surface area (Å²) in [4.78, 5) is 24.6. The van der Waals surface area contributed by atoms with Gasteiger partial charge in [-0.3, -0.25) is 4.79 Å². The molecule has 1 aromatic rings. The van der Waals surface area contributed by atoms with E-state index in [1.807, 2.05) is 4.83 Å². The topological polar surface area (TPSA) is 78.8 Å². The van der Waals surface area contributed by atoms with E-state index in [-0.39, 0.29) is 5.91 Å². The predicted octanol–water partition coefficient (Wildman–Crippen LogP) is 0.744. The summed E-state index contributed by atoms with van der Waals surface area (Å²) < 4.78 is 11.6. The van der Waals surface area contributed by atoms with Crippen LogP contribution in [-0.2, 0) is 11.0 Å². The molecule has 1 amide bonds. The molecule has 0 aliphatic carbocycles. The van der Waals surface area contributed by atoms with Gasteiger partial charge in [-0.05, 0) is 6.07 Å². The van der Waals surface area contributed by atoms with Crippen LogP contribution < -0.4 is 4.83 Å². The number of hydrogen-bond acceptors (Lipinski definition) is 5. The van der Waals surface area contributed by atoms with Gasteiger partial charge in [0.2, 0.25) is 0 Å². The summed E-state index contributed by atoms with van der Waals surface area (Å²) in [6, 6.07) is 1.47. The van der Waals surface area contributed by atoms with Crippen LogP contribution in [0.1, 0.15) is 10.4 Å². The molecule has 0 aliphatic rings. The van der Waals surface area contributed by atoms with Gasteiger partial charge >= 0.3 is 0 Å². The van der Waals surface area contributed by atoms with Crippen molar-refractivity contribution in [3.8, 4) is 0 Å². The molecule has 1 N–H and O–H groups in total. The van der Waals surface area contributed by atoms with Crippen molar-refractivity contribution >= 4 is 28.2 Å². The Morgan fingerprint density at radius 2 is 2.27 bits per heavy atom. The quantitative estimate of drug-likeness (QED) is 0.629. The summed E-state index contributed by atoms with van der Waals surface area (Å²) in [5.74, 6) is -0.173. The van der Waals surface area contributed by atoms with Gasteiger partial charge in [-0.15, -0.1) is 16.2 Å². The Hall–Kier alpha value is -1.28. The molecule has 0 fully saturated rings. The van der Waals surface area contributed by atoms with Crippen LogP contribution in [0, 0.1) is 4.91 Å². The Bertz CT molecular complexity index is 402. The molecular weight excluding hydrogens is 238 g/mol. The molecule has 1 heterocycles. The summed E-state index contributed by atoms with van der Waals surface area (Å²) in [6.45, 7) is 0. The standard InChI is InChI=1S/C7H9N3O3S2/c1-10(2)7(11)5-3-6(14-4-5)15(13)9-8-12/h3-4H,1-2H3,(H,9,12). The number of nitrogens with zero attached hydrogens (tertiary/aromatic N) is 2. The normalized spacial score (nSPS) is 11.9. The van der Waals surface area contributed by atoms with Crippen molar-refractivity contribution in [3.05, 3.63) is 21.9 Å².